The van der Waals surface area contributed by atoms with Gasteiger partial charge in [0.25, 0.3) is 0 Å². The monoisotopic (exact) mass is 229 g/mol. The lowest BCUT2D eigenvalue weighted by Gasteiger charge is -2.04. The summed E-state index contributed by atoms with van der Waals surface area (Å²) in [5.74, 6) is 0. The third-order valence-corrected chi connectivity index (χ3v) is 3.05. The van der Waals surface area contributed by atoms with Gasteiger partial charge in [-0.1, -0.05) is 29.8 Å². The molecule has 3 nitrogen and oxygen atoms in total. The standard InChI is InChI=1S/C14H19N3/c1-10-5-7-12(8-6-10)14-11(2)13(9-15-3)16-17(14)4/h5-8,15H,9H2,1-4H3. The highest BCUT2D eigenvalue weighted by Gasteiger charge is 2.12. The summed E-state index contributed by atoms with van der Waals surface area (Å²) in [6, 6.07) is 8.59. The van der Waals surface area contributed by atoms with Crippen molar-refractivity contribution in [1.82, 2.24) is 15.1 Å². The molecule has 1 N–H and O–H groups in total. The fraction of sp³-hybridized carbons (Fsp3) is 0.357. The van der Waals surface area contributed by atoms with Gasteiger partial charge >= 0.3 is 0 Å². The number of aryl methyl sites for hydroxylation is 2. The average molecular weight is 229 g/mol. The molecule has 0 unspecified atom stereocenters. The molecule has 0 saturated carbocycles. The maximum atomic E-state index is 4.55. The molecule has 1 heterocycles. The first-order chi connectivity index (χ1) is 8.13. The molecule has 1 aromatic heterocycles. The first kappa shape index (κ1) is 11.9. The van der Waals surface area contributed by atoms with Crippen LogP contribution in [0.1, 0.15) is 16.8 Å². The Labute approximate surface area is 102 Å². The second kappa shape index (κ2) is 4.72. The first-order valence-electron chi connectivity index (χ1n) is 5.87. The maximum absolute atomic E-state index is 4.55. The van der Waals surface area contributed by atoms with Crippen LogP contribution in [0.2, 0.25) is 0 Å². The van der Waals surface area contributed by atoms with Crippen LogP contribution in [0.4, 0.5) is 0 Å². The third kappa shape index (κ3) is 2.24. The van der Waals surface area contributed by atoms with Crippen LogP contribution in [-0.2, 0) is 13.6 Å². The van der Waals surface area contributed by atoms with E-state index in [2.05, 4.69) is 48.5 Å². The molecule has 17 heavy (non-hydrogen) atoms. The lowest BCUT2D eigenvalue weighted by atomic mass is 10.1. The molecule has 90 valence electrons. The van der Waals surface area contributed by atoms with Gasteiger partial charge in [0.05, 0.1) is 11.4 Å². The molecule has 2 aromatic rings. The van der Waals surface area contributed by atoms with E-state index in [1.165, 1.54) is 22.4 Å². The number of benzene rings is 1. The van der Waals surface area contributed by atoms with Crippen LogP contribution in [0.15, 0.2) is 24.3 Å². The van der Waals surface area contributed by atoms with Crippen LogP contribution in [0, 0.1) is 13.8 Å². The van der Waals surface area contributed by atoms with Gasteiger partial charge < -0.3 is 5.32 Å². The molecule has 0 atom stereocenters. The summed E-state index contributed by atoms with van der Waals surface area (Å²) in [5, 5.41) is 7.70. The van der Waals surface area contributed by atoms with Gasteiger partial charge in [-0.25, -0.2) is 0 Å². The van der Waals surface area contributed by atoms with Gasteiger partial charge in [0.2, 0.25) is 0 Å². The smallest absolute Gasteiger partial charge is 0.0797 e. The van der Waals surface area contributed by atoms with Gasteiger partial charge in [-0.2, -0.15) is 5.10 Å². The van der Waals surface area contributed by atoms with Crippen LogP contribution < -0.4 is 5.32 Å². The molecule has 0 bridgehead atoms. The van der Waals surface area contributed by atoms with Gasteiger partial charge in [-0.05, 0) is 26.5 Å². The van der Waals surface area contributed by atoms with Crippen LogP contribution in [0.25, 0.3) is 11.3 Å². The van der Waals surface area contributed by atoms with Crippen molar-refractivity contribution in [1.29, 1.82) is 0 Å². The molecule has 0 aliphatic heterocycles. The lowest BCUT2D eigenvalue weighted by molar-refractivity contribution is 0.715. The highest BCUT2D eigenvalue weighted by Crippen LogP contribution is 2.25. The molecule has 0 radical (unpaired) electrons. The topological polar surface area (TPSA) is 29.9 Å². The molecule has 0 spiro atoms. The molecule has 3 heteroatoms. The van der Waals surface area contributed by atoms with Crippen molar-refractivity contribution in [2.75, 3.05) is 7.05 Å². The molecular formula is C14H19N3. The van der Waals surface area contributed by atoms with Crippen LogP contribution in [0.5, 0.6) is 0 Å². The van der Waals surface area contributed by atoms with E-state index >= 15 is 0 Å². The van der Waals surface area contributed by atoms with E-state index in [1.54, 1.807) is 0 Å². The number of rotatable bonds is 3. The molecule has 0 saturated heterocycles. The Morgan fingerprint density at radius 2 is 1.82 bits per heavy atom. The van der Waals surface area contributed by atoms with E-state index in [1.807, 2.05) is 18.8 Å². The molecule has 0 aliphatic rings. The number of hydrogen-bond acceptors (Lipinski definition) is 2. The Morgan fingerprint density at radius 1 is 1.18 bits per heavy atom. The van der Waals surface area contributed by atoms with Gasteiger partial charge in [-0.3, -0.25) is 4.68 Å². The Bertz CT molecular complexity index is 509. The number of aromatic nitrogens is 2. The van der Waals surface area contributed by atoms with Crippen molar-refractivity contribution < 1.29 is 0 Å². The van der Waals surface area contributed by atoms with Crippen molar-refractivity contribution in [3.05, 3.63) is 41.1 Å². The molecule has 2 rings (SSSR count). The number of hydrogen-bond donors (Lipinski definition) is 1. The van der Waals surface area contributed by atoms with Crippen LogP contribution in [0.3, 0.4) is 0 Å². The van der Waals surface area contributed by atoms with Crippen molar-refractivity contribution >= 4 is 0 Å². The highest BCUT2D eigenvalue weighted by molar-refractivity contribution is 5.64. The zero-order valence-corrected chi connectivity index (χ0v) is 10.9. The van der Waals surface area contributed by atoms with E-state index in [0.29, 0.717) is 0 Å². The van der Waals surface area contributed by atoms with E-state index in [-0.39, 0.29) is 0 Å². The van der Waals surface area contributed by atoms with Crippen molar-refractivity contribution in [3.63, 3.8) is 0 Å². The highest BCUT2D eigenvalue weighted by atomic mass is 15.3. The molecule has 0 aliphatic carbocycles. The van der Waals surface area contributed by atoms with Crippen molar-refractivity contribution in [3.8, 4) is 11.3 Å². The lowest BCUT2D eigenvalue weighted by Crippen LogP contribution is -2.06. The SMILES string of the molecule is CNCc1nn(C)c(-c2ccc(C)cc2)c1C. The van der Waals surface area contributed by atoms with Gasteiger partial charge in [0, 0.05) is 19.2 Å². The molecule has 0 amide bonds. The van der Waals surface area contributed by atoms with E-state index < -0.39 is 0 Å². The first-order valence-corrected chi connectivity index (χ1v) is 5.87. The van der Waals surface area contributed by atoms with Crippen LogP contribution in [-0.4, -0.2) is 16.8 Å². The fourth-order valence-corrected chi connectivity index (χ4v) is 2.14. The Balaban J connectivity index is 2.48. The predicted molar refractivity (Wildman–Crippen MR) is 70.9 cm³/mol. The maximum Gasteiger partial charge on any atom is 0.0797 e. The summed E-state index contributed by atoms with van der Waals surface area (Å²) in [6.07, 6.45) is 0. The van der Waals surface area contributed by atoms with Crippen molar-refractivity contribution in [2.24, 2.45) is 7.05 Å². The number of nitrogens with one attached hydrogen (secondary N) is 1. The number of nitrogens with zero attached hydrogens (tertiary/aromatic N) is 2. The fourth-order valence-electron chi connectivity index (χ4n) is 2.14. The molecule has 0 fully saturated rings. The minimum absolute atomic E-state index is 0.811. The van der Waals surface area contributed by atoms with Gasteiger partial charge in [-0.15, -0.1) is 0 Å². The zero-order valence-electron chi connectivity index (χ0n) is 10.9. The largest absolute Gasteiger partial charge is 0.314 e. The van der Waals surface area contributed by atoms with Crippen LogP contribution >= 0.6 is 0 Å². The minimum Gasteiger partial charge on any atom is -0.314 e. The Hall–Kier alpha value is -1.61. The molecule has 1 aromatic carbocycles. The summed E-state index contributed by atoms with van der Waals surface area (Å²) in [4.78, 5) is 0. The summed E-state index contributed by atoms with van der Waals surface area (Å²) in [5.41, 5.74) is 6.08. The average Bonchev–Trinajstić information content (AvgIpc) is 2.57. The third-order valence-electron chi connectivity index (χ3n) is 3.05. The summed E-state index contributed by atoms with van der Waals surface area (Å²) < 4.78 is 1.96. The normalized spacial score (nSPS) is 10.8. The van der Waals surface area contributed by atoms with E-state index in [4.69, 9.17) is 0 Å². The predicted octanol–water partition coefficient (Wildman–Crippen LogP) is 2.42. The molecular weight excluding hydrogens is 210 g/mol. The summed E-state index contributed by atoms with van der Waals surface area (Å²) in [7, 11) is 3.95. The minimum atomic E-state index is 0.811. The van der Waals surface area contributed by atoms with E-state index in [9.17, 15) is 0 Å². The Kier molecular flexibility index (Phi) is 3.29. The van der Waals surface area contributed by atoms with Gasteiger partial charge in [0.1, 0.15) is 0 Å². The van der Waals surface area contributed by atoms with Gasteiger partial charge in [0.15, 0.2) is 0 Å². The quantitative estimate of drug-likeness (QED) is 0.876. The van der Waals surface area contributed by atoms with Crippen molar-refractivity contribution in [2.45, 2.75) is 20.4 Å². The zero-order chi connectivity index (χ0) is 12.4. The Morgan fingerprint density at radius 3 is 2.41 bits per heavy atom. The second-order valence-electron chi connectivity index (χ2n) is 4.44. The summed E-state index contributed by atoms with van der Waals surface area (Å²) in [6.45, 7) is 5.05. The second-order valence-corrected chi connectivity index (χ2v) is 4.44. The van der Waals surface area contributed by atoms with E-state index in [0.717, 1.165) is 12.2 Å². The summed E-state index contributed by atoms with van der Waals surface area (Å²) >= 11 is 0.